The molecule has 3 aromatic carbocycles. The van der Waals surface area contributed by atoms with E-state index in [1.807, 2.05) is 67.0 Å². The van der Waals surface area contributed by atoms with Crippen molar-refractivity contribution in [2.24, 2.45) is 0 Å². The molecule has 2 heterocycles. The molecule has 0 aliphatic carbocycles. The Kier molecular flexibility index (Phi) is 7.89. The van der Waals surface area contributed by atoms with E-state index in [2.05, 4.69) is 26.7 Å². The van der Waals surface area contributed by atoms with Crippen LogP contribution < -0.4 is 10.6 Å². The van der Waals surface area contributed by atoms with Gasteiger partial charge in [-0.1, -0.05) is 30.3 Å². The van der Waals surface area contributed by atoms with E-state index in [-0.39, 0.29) is 5.56 Å². The monoisotopic (exact) mass is 563 g/mol. The number of aromatic nitrogens is 2. The van der Waals surface area contributed by atoms with Crippen LogP contribution in [0.5, 0.6) is 0 Å². The number of aromatic amines is 2. The van der Waals surface area contributed by atoms with Crippen LogP contribution in [0.25, 0.3) is 32.9 Å². The van der Waals surface area contributed by atoms with E-state index in [4.69, 9.17) is 9.47 Å². The van der Waals surface area contributed by atoms with Crippen LogP contribution in [0.2, 0.25) is 0 Å². The fraction of sp³-hybridized carbons (Fsp3) is 0.242. The lowest BCUT2D eigenvalue weighted by atomic mass is 9.97. The molecule has 9 heteroatoms. The number of hydrogen-bond donors (Lipinski definition) is 4. The van der Waals surface area contributed by atoms with Crippen LogP contribution in [0.15, 0.2) is 79.1 Å². The van der Waals surface area contributed by atoms with Crippen molar-refractivity contribution < 1.29 is 19.1 Å². The van der Waals surface area contributed by atoms with Gasteiger partial charge in [-0.3, -0.25) is 0 Å². The minimum absolute atomic E-state index is 0.271. The first kappa shape index (κ1) is 28.3. The number of nitrogens with one attached hydrogen (secondary N) is 4. The maximum absolute atomic E-state index is 12.9. The summed E-state index contributed by atoms with van der Waals surface area (Å²) in [6, 6.07) is 21.8. The summed E-state index contributed by atoms with van der Waals surface area (Å²) in [5, 5.41) is 18.4. The molecule has 5 rings (SSSR count). The van der Waals surface area contributed by atoms with Crippen LogP contribution >= 0.6 is 0 Å². The molecule has 4 N–H and O–H groups in total. The molecule has 5 aromatic rings. The van der Waals surface area contributed by atoms with Crippen molar-refractivity contribution in [2.75, 3.05) is 12.4 Å². The molecule has 0 saturated carbocycles. The Morgan fingerprint density at radius 2 is 1.74 bits per heavy atom. The number of nitrogens with zero attached hydrogens (tertiary/aromatic N) is 1. The molecule has 1 amide bonds. The molecular formula is C33H33N5O4. The Labute approximate surface area is 243 Å². The zero-order valence-corrected chi connectivity index (χ0v) is 23.9. The number of carbonyl (C=O) groups excluding carboxylic acids is 2. The van der Waals surface area contributed by atoms with Crippen molar-refractivity contribution in [3.05, 3.63) is 90.3 Å². The SMILES string of the molecule is COC(=O)c1cc(-c2ccc3[nH]ccc3c2)ccc1NC(C#N)[C@H](Cc1c[nH]c2ccccc12)NC(=O)OC(C)(C)C. The van der Waals surface area contributed by atoms with Gasteiger partial charge in [0, 0.05) is 34.5 Å². The molecule has 0 saturated heterocycles. The summed E-state index contributed by atoms with van der Waals surface area (Å²) in [5.41, 5.74) is 4.61. The van der Waals surface area contributed by atoms with E-state index in [0.717, 1.165) is 38.5 Å². The minimum Gasteiger partial charge on any atom is -0.465 e. The molecule has 1 unspecified atom stereocenters. The second-order valence-corrected chi connectivity index (χ2v) is 11.1. The number of H-pyrrole nitrogens is 2. The van der Waals surface area contributed by atoms with Gasteiger partial charge in [0.05, 0.1) is 24.8 Å². The highest BCUT2D eigenvalue weighted by Gasteiger charge is 2.28. The molecule has 0 spiro atoms. The van der Waals surface area contributed by atoms with Crippen molar-refractivity contribution in [3.63, 3.8) is 0 Å². The van der Waals surface area contributed by atoms with Crippen LogP contribution in [0.1, 0.15) is 36.7 Å². The van der Waals surface area contributed by atoms with Crippen LogP contribution in [0, 0.1) is 11.3 Å². The van der Waals surface area contributed by atoms with Crippen LogP contribution in [-0.4, -0.2) is 46.8 Å². The van der Waals surface area contributed by atoms with Crippen molar-refractivity contribution in [3.8, 4) is 17.2 Å². The molecule has 0 bridgehead atoms. The summed E-state index contributed by atoms with van der Waals surface area (Å²) in [5.74, 6) is -0.549. The summed E-state index contributed by atoms with van der Waals surface area (Å²) in [6.45, 7) is 5.33. The van der Waals surface area contributed by atoms with Gasteiger partial charge in [0.2, 0.25) is 0 Å². The van der Waals surface area contributed by atoms with E-state index >= 15 is 0 Å². The third kappa shape index (κ3) is 6.23. The molecule has 42 heavy (non-hydrogen) atoms. The first-order chi connectivity index (χ1) is 20.1. The average molecular weight is 564 g/mol. The number of amides is 1. The lowest BCUT2D eigenvalue weighted by molar-refractivity contribution is 0.0501. The number of carbonyl (C=O) groups is 2. The highest BCUT2D eigenvalue weighted by atomic mass is 16.6. The number of ether oxygens (including phenoxy) is 2. The van der Waals surface area contributed by atoms with Crippen molar-refractivity contribution >= 4 is 39.6 Å². The van der Waals surface area contributed by atoms with Gasteiger partial charge in [-0.2, -0.15) is 5.26 Å². The van der Waals surface area contributed by atoms with Gasteiger partial charge in [-0.25, -0.2) is 9.59 Å². The van der Waals surface area contributed by atoms with Gasteiger partial charge in [-0.15, -0.1) is 0 Å². The molecular weight excluding hydrogens is 530 g/mol. The van der Waals surface area contributed by atoms with Crippen LogP contribution in [-0.2, 0) is 15.9 Å². The molecule has 0 radical (unpaired) electrons. The number of methoxy groups -OCH3 is 1. The first-order valence-corrected chi connectivity index (χ1v) is 13.7. The van der Waals surface area contributed by atoms with Gasteiger partial charge >= 0.3 is 12.1 Å². The number of nitriles is 1. The highest BCUT2D eigenvalue weighted by Crippen LogP contribution is 2.29. The first-order valence-electron chi connectivity index (χ1n) is 13.7. The molecule has 214 valence electrons. The van der Waals surface area contributed by atoms with Gasteiger partial charge < -0.3 is 30.1 Å². The quantitative estimate of drug-likeness (QED) is 0.158. The number of alkyl carbamates (subject to hydrolysis) is 1. The second-order valence-electron chi connectivity index (χ2n) is 11.1. The van der Waals surface area contributed by atoms with Gasteiger partial charge in [0.15, 0.2) is 0 Å². The molecule has 2 atom stereocenters. The van der Waals surface area contributed by atoms with E-state index in [0.29, 0.717) is 12.1 Å². The normalized spacial score (nSPS) is 12.8. The van der Waals surface area contributed by atoms with Gasteiger partial charge in [0.1, 0.15) is 11.6 Å². The minimum atomic E-state index is -0.920. The van der Waals surface area contributed by atoms with Crippen molar-refractivity contribution in [2.45, 2.75) is 44.9 Å². The zero-order valence-electron chi connectivity index (χ0n) is 23.9. The maximum Gasteiger partial charge on any atom is 0.407 e. The standard InChI is InChI=1S/C33H33N5O4/c1-33(2,3)42-32(40)38-29(17-23-19-36-27-8-6-5-7-24(23)27)30(18-34)37-28-12-10-21(16-25(28)31(39)41-4)20-9-11-26-22(15-20)13-14-35-26/h5-16,19,29-30,35-37H,17H2,1-4H3,(H,38,40)/t29-,30?/m0/s1. The number of hydrogen-bond acceptors (Lipinski definition) is 6. The third-order valence-corrected chi connectivity index (χ3v) is 6.98. The Morgan fingerprint density at radius 1 is 0.976 bits per heavy atom. The number of fused-ring (bicyclic) bond motifs is 2. The highest BCUT2D eigenvalue weighted by molar-refractivity contribution is 5.98. The lowest BCUT2D eigenvalue weighted by Crippen LogP contribution is -2.49. The Morgan fingerprint density at radius 3 is 2.50 bits per heavy atom. The fourth-order valence-electron chi connectivity index (χ4n) is 5.00. The zero-order chi connectivity index (χ0) is 29.9. The van der Waals surface area contributed by atoms with Gasteiger partial charge in [0.25, 0.3) is 0 Å². The maximum atomic E-state index is 12.9. The number of anilines is 1. The van der Waals surface area contributed by atoms with E-state index < -0.39 is 29.7 Å². The molecule has 9 nitrogen and oxygen atoms in total. The average Bonchev–Trinajstić information content (AvgIpc) is 3.61. The fourth-order valence-corrected chi connectivity index (χ4v) is 5.00. The number of benzene rings is 3. The Bertz CT molecular complexity index is 1790. The second kappa shape index (κ2) is 11.7. The summed E-state index contributed by atoms with van der Waals surface area (Å²) in [4.78, 5) is 32.2. The molecule has 0 fully saturated rings. The summed E-state index contributed by atoms with van der Waals surface area (Å²) in [7, 11) is 1.32. The van der Waals surface area contributed by atoms with Gasteiger partial charge in [-0.05, 0) is 85.7 Å². The molecule has 2 aromatic heterocycles. The number of esters is 1. The van der Waals surface area contributed by atoms with Crippen molar-refractivity contribution in [1.82, 2.24) is 15.3 Å². The van der Waals surface area contributed by atoms with Crippen LogP contribution in [0.4, 0.5) is 10.5 Å². The Hall–Kier alpha value is -5.23. The summed E-state index contributed by atoms with van der Waals surface area (Å²) < 4.78 is 10.6. The van der Waals surface area contributed by atoms with Crippen molar-refractivity contribution in [1.29, 1.82) is 5.26 Å². The molecule has 0 aliphatic rings. The predicted molar refractivity (Wildman–Crippen MR) is 163 cm³/mol. The predicted octanol–water partition coefficient (Wildman–Crippen LogP) is 6.54. The van der Waals surface area contributed by atoms with Crippen LogP contribution in [0.3, 0.4) is 0 Å². The van der Waals surface area contributed by atoms with E-state index in [1.54, 1.807) is 32.9 Å². The number of para-hydroxylation sites is 1. The number of rotatable bonds is 8. The van der Waals surface area contributed by atoms with E-state index in [1.165, 1.54) is 7.11 Å². The largest absolute Gasteiger partial charge is 0.465 e. The summed E-state index contributed by atoms with van der Waals surface area (Å²) >= 11 is 0. The van der Waals surface area contributed by atoms with E-state index in [9.17, 15) is 14.9 Å². The Balaban J connectivity index is 1.48. The lowest BCUT2D eigenvalue weighted by Gasteiger charge is -2.27. The summed E-state index contributed by atoms with van der Waals surface area (Å²) in [6.07, 6.45) is 3.44. The smallest absolute Gasteiger partial charge is 0.407 e. The topological polar surface area (TPSA) is 132 Å². The third-order valence-electron chi connectivity index (χ3n) is 6.98. The molecule has 0 aliphatic heterocycles.